The number of hydrogen-bond donors (Lipinski definition) is 3. The van der Waals surface area contributed by atoms with E-state index in [4.69, 9.17) is 14.4 Å². The van der Waals surface area contributed by atoms with Gasteiger partial charge in [0.25, 0.3) is 20.2 Å². The second-order valence-corrected chi connectivity index (χ2v) is 7.04. The lowest BCUT2D eigenvalue weighted by Gasteiger charge is -2.06. The zero-order chi connectivity index (χ0) is 16.3. The topological polar surface area (TPSA) is 157 Å². The van der Waals surface area contributed by atoms with E-state index in [0.717, 1.165) is 30.0 Å². The van der Waals surface area contributed by atoms with Crippen LogP contribution >= 0.6 is 11.8 Å². The molecule has 0 fully saturated rings. The maximum Gasteiger partial charge on any atom is 0.296 e. The Balaban J connectivity index is 3.62. The number of aliphatic imine (C=N–C) groups is 1. The Hall–Kier alpha value is -1.65. The average Bonchev–Trinajstić information content (AvgIpc) is 2.35. The van der Waals surface area contributed by atoms with Crippen LogP contribution in [0.3, 0.4) is 0 Å². The van der Waals surface area contributed by atoms with Gasteiger partial charge < -0.3 is 0 Å². The first-order valence-corrected chi connectivity index (χ1v) is 9.07. The van der Waals surface area contributed by atoms with E-state index in [9.17, 15) is 16.8 Å². The first kappa shape index (κ1) is 17.4. The van der Waals surface area contributed by atoms with E-state index in [0.29, 0.717) is 0 Å². The SMILES string of the molecule is CSC(=Nc1cc(S(=O)(=O)O)ccc1S(=O)(=O)O)NC#N. The fourth-order valence-corrected chi connectivity index (χ4v) is 2.69. The molecule has 114 valence electrons. The van der Waals surface area contributed by atoms with Gasteiger partial charge in [-0.25, -0.2) is 4.99 Å². The zero-order valence-corrected chi connectivity index (χ0v) is 12.8. The van der Waals surface area contributed by atoms with Crippen molar-refractivity contribution in [3.05, 3.63) is 18.2 Å². The van der Waals surface area contributed by atoms with E-state index in [-0.39, 0.29) is 5.17 Å². The van der Waals surface area contributed by atoms with Crippen LogP contribution in [0.1, 0.15) is 0 Å². The van der Waals surface area contributed by atoms with Crippen LogP contribution in [0, 0.1) is 11.5 Å². The predicted octanol–water partition coefficient (Wildman–Crippen LogP) is 0.601. The molecule has 1 aromatic carbocycles. The van der Waals surface area contributed by atoms with E-state index < -0.39 is 35.7 Å². The van der Waals surface area contributed by atoms with Crippen LogP contribution in [0.2, 0.25) is 0 Å². The molecule has 21 heavy (non-hydrogen) atoms. The van der Waals surface area contributed by atoms with E-state index in [2.05, 4.69) is 10.3 Å². The smallest absolute Gasteiger partial charge is 0.282 e. The Bertz CT molecular complexity index is 823. The Morgan fingerprint density at radius 1 is 1.29 bits per heavy atom. The predicted molar refractivity (Wildman–Crippen MR) is 75.4 cm³/mol. The molecule has 0 atom stereocenters. The van der Waals surface area contributed by atoms with E-state index >= 15 is 0 Å². The molecule has 0 amide bonds. The average molecular weight is 351 g/mol. The second-order valence-electron chi connectivity index (χ2n) is 3.44. The molecule has 0 aromatic heterocycles. The van der Waals surface area contributed by atoms with Gasteiger partial charge in [-0.2, -0.15) is 22.1 Å². The minimum atomic E-state index is -4.67. The molecule has 0 aliphatic heterocycles. The number of nitrogens with zero attached hydrogens (tertiary/aromatic N) is 2. The Morgan fingerprint density at radius 2 is 1.90 bits per heavy atom. The number of benzene rings is 1. The highest BCUT2D eigenvalue weighted by atomic mass is 32.2. The summed E-state index contributed by atoms with van der Waals surface area (Å²) in [7, 11) is -9.25. The quantitative estimate of drug-likeness (QED) is 0.233. The lowest BCUT2D eigenvalue weighted by Crippen LogP contribution is -2.13. The molecule has 9 nitrogen and oxygen atoms in total. The molecule has 1 aromatic rings. The monoisotopic (exact) mass is 351 g/mol. The van der Waals surface area contributed by atoms with Crippen LogP contribution in [0.25, 0.3) is 0 Å². The van der Waals surface area contributed by atoms with Gasteiger partial charge in [-0.1, -0.05) is 11.8 Å². The normalized spacial score (nSPS) is 12.8. The summed E-state index contributed by atoms with van der Waals surface area (Å²) in [6, 6.07) is 2.34. The van der Waals surface area contributed by atoms with Crippen LogP contribution in [0.4, 0.5) is 5.69 Å². The van der Waals surface area contributed by atoms with Gasteiger partial charge in [-0.15, -0.1) is 0 Å². The Labute approximate surface area is 125 Å². The van der Waals surface area contributed by atoms with E-state index in [1.165, 1.54) is 6.26 Å². The van der Waals surface area contributed by atoms with Gasteiger partial charge in [0.05, 0.1) is 10.6 Å². The van der Waals surface area contributed by atoms with Crippen molar-refractivity contribution in [2.24, 2.45) is 4.99 Å². The minimum absolute atomic E-state index is 0.0325. The van der Waals surface area contributed by atoms with E-state index in [1.807, 2.05) is 0 Å². The molecule has 0 saturated heterocycles. The Kier molecular flexibility index (Phi) is 5.31. The van der Waals surface area contributed by atoms with Gasteiger partial charge in [0.2, 0.25) is 0 Å². The van der Waals surface area contributed by atoms with Gasteiger partial charge in [0.1, 0.15) is 4.90 Å². The van der Waals surface area contributed by atoms with Gasteiger partial charge in [0, 0.05) is 0 Å². The fourth-order valence-electron chi connectivity index (χ4n) is 1.24. The summed E-state index contributed by atoms with van der Waals surface area (Å²) in [5.41, 5.74) is -0.445. The minimum Gasteiger partial charge on any atom is -0.282 e. The molecule has 1 rings (SSSR count). The highest BCUT2D eigenvalue weighted by molar-refractivity contribution is 8.13. The van der Waals surface area contributed by atoms with Crippen molar-refractivity contribution in [3.8, 4) is 6.19 Å². The molecule has 12 heteroatoms. The van der Waals surface area contributed by atoms with Gasteiger partial charge in [-0.3, -0.25) is 14.4 Å². The third kappa shape index (κ3) is 4.69. The highest BCUT2D eigenvalue weighted by Crippen LogP contribution is 2.28. The number of nitriles is 1. The van der Waals surface area contributed by atoms with Crippen LogP contribution in [-0.4, -0.2) is 37.4 Å². The molecule has 0 aliphatic carbocycles. The third-order valence-corrected chi connectivity index (χ3v) is 4.42. The highest BCUT2D eigenvalue weighted by Gasteiger charge is 2.20. The lowest BCUT2D eigenvalue weighted by atomic mass is 10.3. The summed E-state index contributed by atoms with van der Waals surface area (Å²) in [5.74, 6) is 0. The molecule has 0 aliphatic rings. The summed E-state index contributed by atoms with van der Waals surface area (Å²) in [5, 5.41) is 10.6. The van der Waals surface area contributed by atoms with Gasteiger partial charge in [0.15, 0.2) is 11.4 Å². The summed E-state index contributed by atoms with van der Waals surface area (Å²) in [6.07, 6.45) is 3.09. The number of nitrogens with one attached hydrogen (secondary N) is 1. The van der Waals surface area contributed by atoms with Crippen LogP contribution in [-0.2, 0) is 20.2 Å². The van der Waals surface area contributed by atoms with Crippen molar-refractivity contribution >= 4 is 42.9 Å². The first-order chi connectivity index (χ1) is 9.59. The molecule has 0 radical (unpaired) electrons. The molecule has 0 spiro atoms. The standard InChI is InChI=1S/C9H9N3O6S3/c1-19-9(11-5-10)12-7-4-6(20(13,14)15)2-3-8(7)21(16,17)18/h2-4H,1H3,(H,11,12)(H,13,14,15)(H,16,17,18). The number of amidine groups is 1. The summed E-state index contributed by atoms with van der Waals surface area (Å²) in [4.78, 5) is 2.47. The third-order valence-electron chi connectivity index (χ3n) is 2.08. The molecule has 0 unspecified atom stereocenters. The summed E-state index contributed by atoms with van der Waals surface area (Å²) >= 11 is 0.950. The van der Waals surface area contributed by atoms with Crippen molar-refractivity contribution in [2.45, 2.75) is 9.79 Å². The van der Waals surface area contributed by atoms with Crippen LogP contribution in [0.15, 0.2) is 33.0 Å². The molecule has 0 saturated carbocycles. The van der Waals surface area contributed by atoms with Crippen LogP contribution < -0.4 is 5.32 Å². The molecule has 0 bridgehead atoms. The number of thioether (sulfide) groups is 1. The van der Waals surface area contributed by atoms with E-state index in [1.54, 1.807) is 6.19 Å². The van der Waals surface area contributed by atoms with Crippen molar-refractivity contribution in [1.82, 2.24) is 5.32 Å². The van der Waals surface area contributed by atoms with Crippen molar-refractivity contribution in [2.75, 3.05) is 6.26 Å². The molecular formula is C9H9N3O6S3. The first-order valence-electron chi connectivity index (χ1n) is 4.96. The Morgan fingerprint density at radius 3 is 2.33 bits per heavy atom. The maximum absolute atomic E-state index is 11.2. The van der Waals surface area contributed by atoms with Crippen molar-refractivity contribution in [1.29, 1.82) is 5.26 Å². The van der Waals surface area contributed by atoms with Crippen LogP contribution in [0.5, 0.6) is 0 Å². The number of hydrogen-bond acceptors (Lipinski definition) is 7. The van der Waals surface area contributed by atoms with Gasteiger partial charge >= 0.3 is 0 Å². The summed E-state index contributed by atoms with van der Waals surface area (Å²) < 4.78 is 62.6. The van der Waals surface area contributed by atoms with Crippen molar-refractivity contribution in [3.63, 3.8) is 0 Å². The second kappa shape index (κ2) is 6.41. The summed E-state index contributed by atoms with van der Waals surface area (Å²) in [6.45, 7) is 0. The zero-order valence-electron chi connectivity index (χ0n) is 10.4. The lowest BCUT2D eigenvalue weighted by molar-refractivity contribution is 0.478. The maximum atomic E-state index is 11.2. The molecule has 0 heterocycles. The van der Waals surface area contributed by atoms with Gasteiger partial charge in [-0.05, 0) is 24.5 Å². The number of rotatable bonds is 3. The largest absolute Gasteiger partial charge is 0.296 e. The molecular weight excluding hydrogens is 342 g/mol. The molecule has 3 N–H and O–H groups in total. The fraction of sp³-hybridized carbons (Fsp3) is 0.111. The van der Waals surface area contributed by atoms with Crippen molar-refractivity contribution < 1.29 is 25.9 Å².